The van der Waals surface area contributed by atoms with Gasteiger partial charge in [0.25, 0.3) is 0 Å². The molecule has 0 aliphatic carbocycles. The van der Waals surface area contributed by atoms with Gasteiger partial charge in [-0.2, -0.15) is 0 Å². The van der Waals surface area contributed by atoms with Crippen molar-refractivity contribution in [1.29, 1.82) is 0 Å². The summed E-state index contributed by atoms with van der Waals surface area (Å²) in [6, 6.07) is 0. The zero-order valence-corrected chi connectivity index (χ0v) is 7.05. The summed E-state index contributed by atoms with van der Waals surface area (Å²) in [5.74, 6) is -0.125. The topological polar surface area (TPSA) is 26.3 Å². The van der Waals surface area contributed by atoms with E-state index in [1.54, 1.807) is 12.2 Å². The van der Waals surface area contributed by atoms with E-state index in [0.29, 0.717) is 0 Å². The van der Waals surface area contributed by atoms with Crippen LogP contribution in [0.4, 0.5) is 0 Å². The average Bonchev–Trinajstić information content (AvgIpc) is 2.44. The van der Waals surface area contributed by atoms with E-state index in [2.05, 4.69) is 0 Å². The molecule has 0 aromatic rings. The monoisotopic (exact) mass is 192 g/mol. The van der Waals surface area contributed by atoms with Crippen LogP contribution in [0.3, 0.4) is 0 Å². The maximum absolute atomic E-state index is 11.2. The van der Waals surface area contributed by atoms with E-state index in [0.717, 1.165) is 0 Å². The molecule has 2 heterocycles. The third kappa shape index (κ3) is 1.01. The van der Waals surface area contributed by atoms with Crippen LogP contribution < -0.4 is 0 Å². The van der Waals surface area contributed by atoms with Gasteiger partial charge in [-0.1, -0.05) is 12.2 Å². The quantitative estimate of drug-likeness (QED) is 0.425. The number of rotatable bonds is 0. The minimum absolute atomic E-state index is 0.125. The van der Waals surface area contributed by atoms with Gasteiger partial charge in [-0.3, -0.25) is 4.79 Å². The number of hydrogen-bond donors (Lipinski definition) is 0. The van der Waals surface area contributed by atoms with Crippen molar-refractivity contribution in [3.05, 3.63) is 12.2 Å². The molecule has 0 spiro atoms. The van der Waals surface area contributed by atoms with Crippen LogP contribution in [0.1, 0.15) is 0 Å². The second-order valence-electron chi connectivity index (χ2n) is 2.66. The molecule has 0 aromatic heterocycles. The SMILES string of the molecule is O=C1[C@@H](Cl)[C@H]2C=C[C@H](O2)[C@H]1Cl. The van der Waals surface area contributed by atoms with Crippen LogP contribution in [-0.2, 0) is 9.53 Å². The van der Waals surface area contributed by atoms with Gasteiger partial charge in [-0.15, -0.1) is 23.2 Å². The molecule has 2 rings (SSSR count). The normalized spacial score (nSPS) is 48.4. The molecule has 11 heavy (non-hydrogen) atoms. The molecule has 0 unspecified atom stereocenters. The van der Waals surface area contributed by atoms with E-state index in [1.165, 1.54) is 0 Å². The first-order chi connectivity index (χ1) is 5.20. The number of carbonyl (C=O) groups is 1. The molecule has 1 fully saturated rings. The van der Waals surface area contributed by atoms with Gasteiger partial charge in [0.05, 0.1) is 0 Å². The number of Topliss-reactive ketones (excluding diaryl/α,β-unsaturated/α-hetero) is 1. The van der Waals surface area contributed by atoms with E-state index in [4.69, 9.17) is 27.9 Å². The summed E-state index contributed by atoms with van der Waals surface area (Å²) < 4.78 is 5.30. The van der Waals surface area contributed by atoms with Crippen molar-refractivity contribution < 1.29 is 9.53 Å². The van der Waals surface area contributed by atoms with Crippen LogP contribution in [0.5, 0.6) is 0 Å². The maximum Gasteiger partial charge on any atom is 0.174 e. The Hall–Kier alpha value is -0.0500. The number of alkyl halides is 2. The third-order valence-electron chi connectivity index (χ3n) is 1.93. The molecular weight excluding hydrogens is 187 g/mol. The Balaban J connectivity index is 2.29. The molecule has 60 valence electrons. The minimum Gasteiger partial charge on any atom is -0.363 e. The predicted molar refractivity (Wildman–Crippen MR) is 42.1 cm³/mol. The summed E-state index contributed by atoms with van der Waals surface area (Å²) in [5.41, 5.74) is 0. The number of fused-ring (bicyclic) bond motifs is 2. The van der Waals surface area contributed by atoms with Crippen molar-refractivity contribution in [1.82, 2.24) is 0 Å². The molecule has 4 atom stereocenters. The second-order valence-corrected chi connectivity index (χ2v) is 3.60. The third-order valence-corrected chi connectivity index (χ3v) is 2.85. The molecule has 4 heteroatoms. The smallest absolute Gasteiger partial charge is 0.174 e. The Morgan fingerprint density at radius 3 is 2.09 bits per heavy atom. The highest BCUT2D eigenvalue weighted by molar-refractivity contribution is 6.41. The Labute approximate surface area is 74.1 Å². The second kappa shape index (κ2) is 2.47. The van der Waals surface area contributed by atoms with Gasteiger partial charge < -0.3 is 4.74 Å². The fourth-order valence-corrected chi connectivity index (χ4v) is 1.92. The number of halogens is 2. The highest BCUT2D eigenvalue weighted by atomic mass is 35.5. The summed E-state index contributed by atoms with van der Waals surface area (Å²) in [5, 5.41) is -1.21. The van der Waals surface area contributed by atoms with Crippen molar-refractivity contribution in [3.8, 4) is 0 Å². The summed E-state index contributed by atoms with van der Waals surface area (Å²) in [4.78, 5) is 11.2. The van der Waals surface area contributed by atoms with Crippen molar-refractivity contribution in [2.24, 2.45) is 0 Å². The molecular formula is C7H6Cl2O2. The summed E-state index contributed by atoms with van der Waals surface area (Å²) in [7, 11) is 0. The Morgan fingerprint density at radius 2 is 1.64 bits per heavy atom. The first-order valence-electron chi connectivity index (χ1n) is 3.36. The molecule has 0 aromatic carbocycles. The zero-order chi connectivity index (χ0) is 8.01. The number of ketones is 1. The fraction of sp³-hybridized carbons (Fsp3) is 0.571. The largest absolute Gasteiger partial charge is 0.363 e. The van der Waals surface area contributed by atoms with Gasteiger partial charge in [-0.25, -0.2) is 0 Å². The maximum atomic E-state index is 11.2. The highest BCUT2D eigenvalue weighted by Gasteiger charge is 2.44. The Kier molecular flexibility index (Phi) is 1.71. The highest BCUT2D eigenvalue weighted by Crippen LogP contribution is 2.31. The number of ether oxygens (including phenoxy) is 1. The Bertz CT molecular complexity index is 206. The van der Waals surface area contributed by atoms with E-state index in [9.17, 15) is 4.79 Å². The lowest BCUT2D eigenvalue weighted by molar-refractivity contribution is -0.127. The number of carbonyl (C=O) groups excluding carboxylic acids is 1. The van der Waals surface area contributed by atoms with Crippen molar-refractivity contribution in [2.45, 2.75) is 23.0 Å². The minimum atomic E-state index is -0.604. The molecule has 0 saturated carbocycles. The van der Waals surface area contributed by atoms with E-state index in [1.807, 2.05) is 0 Å². The first kappa shape index (κ1) is 7.59. The number of hydrogen-bond acceptors (Lipinski definition) is 2. The van der Waals surface area contributed by atoms with Gasteiger partial charge in [0.2, 0.25) is 0 Å². The van der Waals surface area contributed by atoms with Gasteiger partial charge >= 0.3 is 0 Å². The molecule has 0 N–H and O–H groups in total. The lowest BCUT2D eigenvalue weighted by Crippen LogP contribution is -2.45. The summed E-state index contributed by atoms with van der Waals surface area (Å²) >= 11 is 11.5. The summed E-state index contributed by atoms with van der Waals surface area (Å²) in [6.45, 7) is 0. The van der Waals surface area contributed by atoms with Crippen molar-refractivity contribution in [3.63, 3.8) is 0 Å². The average molecular weight is 193 g/mol. The molecule has 2 bridgehead atoms. The van der Waals surface area contributed by atoms with Crippen LogP contribution >= 0.6 is 23.2 Å². The van der Waals surface area contributed by atoms with Gasteiger partial charge in [0.1, 0.15) is 23.0 Å². The lowest BCUT2D eigenvalue weighted by Gasteiger charge is -2.27. The Morgan fingerprint density at radius 1 is 1.18 bits per heavy atom. The summed E-state index contributed by atoms with van der Waals surface area (Å²) in [6.07, 6.45) is 3.07. The molecule has 0 radical (unpaired) electrons. The van der Waals surface area contributed by atoms with E-state index >= 15 is 0 Å². The molecule has 1 saturated heterocycles. The van der Waals surface area contributed by atoms with Gasteiger partial charge in [0.15, 0.2) is 5.78 Å². The van der Waals surface area contributed by atoms with Crippen molar-refractivity contribution >= 4 is 29.0 Å². The van der Waals surface area contributed by atoms with Crippen LogP contribution in [0.25, 0.3) is 0 Å². The van der Waals surface area contributed by atoms with E-state index < -0.39 is 10.8 Å². The molecule has 2 aliphatic rings. The standard InChI is InChI=1S/C7H6Cl2O2/c8-5-3-1-2-4(11-3)6(9)7(5)10/h1-6H/t3-,4+,5+,6-. The first-order valence-corrected chi connectivity index (χ1v) is 4.23. The predicted octanol–water partition coefficient (Wildman–Crippen LogP) is 1.11. The van der Waals surface area contributed by atoms with Gasteiger partial charge in [0, 0.05) is 0 Å². The van der Waals surface area contributed by atoms with E-state index in [-0.39, 0.29) is 18.0 Å². The zero-order valence-electron chi connectivity index (χ0n) is 5.54. The lowest BCUT2D eigenvalue weighted by atomic mass is 10.1. The molecule has 0 amide bonds. The van der Waals surface area contributed by atoms with Crippen LogP contribution in [0, 0.1) is 0 Å². The van der Waals surface area contributed by atoms with Gasteiger partial charge in [-0.05, 0) is 0 Å². The fourth-order valence-electron chi connectivity index (χ4n) is 1.30. The van der Waals surface area contributed by atoms with Crippen LogP contribution in [0.2, 0.25) is 0 Å². The van der Waals surface area contributed by atoms with Crippen molar-refractivity contribution in [2.75, 3.05) is 0 Å². The van der Waals surface area contributed by atoms with Crippen LogP contribution in [0.15, 0.2) is 12.2 Å². The van der Waals surface area contributed by atoms with Crippen LogP contribution in [-0.4, -0.2) is 28.7 Å². The molecule has 2 nitrogen and oxygen atoms in total. The molecule has 2 aliphatic heterocycles.